The van der Waals surface area contributed by atoms with Crippen molar-refractivity contribution < 1.29 is 0 Å². The number of halogens is 1. The Kier molecular flexibility index (Phi) is 4.06. The lowest BCUT2D eigenvalue weighted by Gasteiger charge is -2.39. The average Bonchev–Trinajstić information content (AvgIpc) is 2.37. The van der Waals surface area contributed by atoms with E-state index in [1.54, 1.807) is 6.07 Å². The molecule has 2 nitrogen and oxygen atoms in total. The summed E-state index contributed by atoms with van der Waals surface area (Å²) < 4.78 is 0. The molecule has 1 saturated carbocycles. The van der Waals surface area contributed by atoms with Crippen LogP contribution in [0.4, 0.5) is 5.69 Å². The monoisotopic (exact) mass is 276 g/mol. The summed E-state index contributed by atoms with van der Waals surface area (Å²) in [5, 5.41) is 9.55. The first-order chi connectivity index (χ1) is 8.93. The topological polar surface area (TPSA) is 27.0 Å². The number of nitrogens with zero attached hydrogens (tertiary/aromatic N) is 2. The van der Waals surface area contributed by atoms with E-state index in [1.807, 2.05) is 12.1 Å². The van der Waals surface area contributed by atoms with Crippen LogP contribution in [-0.4, -0.2) is 13.1 Å². The molecule has 1 fully saturated rings. The van der Waals surface area contributed by atoms with Crippen molar-refractivity contribution in [2.45, 2.75) is 45.6 Å². The molecule has 102 valence electrons. The molecule has 0 radical (unpaired) electrons. The van der Waals surface area contributed by atoms with Gasteiger partial charge in [0.05, 0.1) is 22.3 Å². The Bertz CT molecular complexity index is 492. The molecule has 0 spiro atoms. The summed E-state index contributed by atoms with van der Waals surface area (Å²) in [5.41, 5.74) is 2.13. The molecule has 3 heteroatoms. The van der Waals surface area contributed by atoms with Gasteiger partial charge in [0, 0.05) is 13.1 Å². The predicted molar refractivity (Wildman–Crippen MR) is 80.6 cm³/mol. The van der Waals surface area contributed by atoms with Gasteiger partial charge in [-0.05, 0) is 49.3 Å². The minimum absolute atomic E-state index is 0.478. The number of hydrogen-bond donors (Lipinski definition) is 0. The van der Waals surface area contributed by atoms with E-state index in [0.29, 0.717) is 22.0 Å². The standard InChI is InChI=1S/C16H21ClN2/c1-16(2)8-6-13(7-9-16)19(3)15-5-4-12(11-18)10-14(15)17/h4-5,10,13H,6-9H2,1-3H3. The van der Waals surface area contributed by atoms with E-state index in [2.05, 4.69) is 31.9 Å². The molecular formula is C16H21ClN2. The van der Waals surface area contributed by atoms with Gasteiger partial charge in [0.2, 0.25) is 0 Å². The second-order valence-electron chi connectivity index (χ2n) is 6.28. The third-order valence-electron chi connectivity index (χ3n) is 4.31. The van der Waals surface area contributed by atoms with Gasteiger partial charge in [0.15, 0.2) is 0 Å². The zero-order valence-corrected chi connectivity index (χ0v) is 12.7. The molecule has 0 aliphatic heterocycles. The molecule has 2 rings (SSSR count). The minimum Gasteiger partial charge on any atom is -0.370 e. The van der Waals surface area contributed by atoms with Gasteiger partial charge in [-0.25, -0.2) is 0 Å². The molecule has 1 aromatic carbocycles. The quantitative estimate of drug-likeness (QED) is 0.788. The van der Waals surface area contributed by atoms with Gasteiger partial charge in [0.25, 0.3) is 0 Å². The molecule has 1 aliphatic rings. The lowest BCUT2D eigenvalue weighted by Crippen LogP contribution is -2.37. The first-order valence-electron chi connectivity index (χ1n) is 6.85. The summed E-state index contributed by atoms with van der Waals surface area (Å²) >= 11 is 6.29. The van der Waals surface area contributed by atoms with Crippen molar-refractivity contribution >= 4 is 17.3 Å². The number of anilines is 1. The molecule has 1 aliphatic carbocycles. The van der Waals surface area contributed by atoms with Gasteiger partial charge in [-0.1, -0.05) is 25.4 Å². The summed E-state index contributed by atoms with van der Waals surface area (Å²) in [7, 11) is 2.11. The molecule has 0 unspecified atom stereocenters. The normalized spacial score (nSPS) is 18.9. The third-order valence-corrected chi connectivity index (χ3v) is 4.62. The maximum atomic E-state index is 8.88. The predicted octanol–water partition coefficient (Wildman–Crippen LogP) is 4.62. The van der Waals surface area contributed by atoms with Crippen molar-refractivity contribution in [2.24, 2.45) is 5.41 Å². The van der Waals surface area contributed by atoms with Crippen LogP contribution >= 0.6 is 11.6 Å². The fourth-order valence-corrected chi connectivity index (χ4v) is 3.14. The number of nitriles is 1. The summed E-state index contributed by atoms with van der Waals surface area (Å²) in [6.07, 6.45) is 4.94. The van der Waals surface area contributed by atoms with Crippen molar-refractivity contribution in [3.05, 3.63) is 28.8 Å². The van der Waals surface area contributed by atoms with Gasteiger partial charge < -0.3 is 4.90 Å². The molecule has 1 aromatic rings. The first kappa shape index (κ1) is 14.2. The third kappa shape index (κ3) is 3.22. The Labute approximate surface area is 121 Å². The smallest absolute Gasteiger partial charge is 0.0992 e. The van der Waals surface area contributed by atoms with Crippen molar-refractivity contribution in [2.75, 3.05) is 11.9 Å². The van der Waals surface area contributed by atoms with Gasteiger partial charge >= 0.3 is 0 Å². The number of rotatable bonds is 2. The number of benzene rings is 1. The minimum atomic E-state index is 0.478. The highest BCUT2D eigenvalue weighted by Crippen LogP contribution is 2.38. The zero-order chi connectivity index (χ0) is 14.0. The maximum absolute atomic E-state index is 8.88. The van der Waals surface area contributed by atoms with Crippen LogP contribution in [0, 0.1) is 16.7 Å². The van der Waals surface area contributed by atoms with E-state index in [0.717, 1.165) is 5.69 Å². The maximum Gasteiger partial charge on any atom is 0.0992 e. The van der Waals surface area contributed by atoms with Crippen LogP contribution in [0.1, 0.15) is 45.1 Å². The van der Waals surface area contributed by atoms with Crippen molar-refractivity contribution in [1.82, 2.24) is 0 Å². The molecule has 0 heterocycles. The summed E-state index contributed by atoms with van der Waals surface area (Å²) in [6, 6.07) is 8.22. The Balaban J connectivity index is 2.12. The molecule has 0 N–H and O–H groups in total. The Hall–Kier alpha value is -1.20. The van der Waals surface area contributed by atoms with E-state index in [4.69, 9.17) is 16.9 Å². The number of hydrogen-bond acceptors (Lipinski definition) is 2. The average molecular weight is 277 g/mol. The van der Waals surface area contributed by atoms with Crippen molar-refractivity contribution in [3.8, 4) is 6.07 Å². The molecule has 0 atom stereocenters. The van der Waals surface area contributed by atoms with E-state index < -0.39 is 0 Å². The van der Waals surface area contributed by atoms with Gasteiger partial charge in [-0.2, -0.15) is 5.26 Å². The molecule has 0 amide bonds. The van der Waals surface area contributed by atoms with E-state index >= 15 is 0 Å². The van der Waals surface area contributed by atoms with Gasteiger partial charge in [0.1, 0.15) is 0 Å². The van der Waals surface area contributed by atoms with Crippen molar-refractivity contribution in [3.63, 3.8) is 0 Å². The van der Waals surface area contributed by atoms with E-state index in [-0.39, 0.29) is 0 Å². The van der Waals surface area contributed by atoms with E-state index in [9.17, 15) is 0 Å². The summed E-state index contributed by atoms with van der Waals surface area (Å²) in [5.74, 6) is 0. The highest BCUT2D eigenvalue weighted by molar-refractivity contribution is 6.33. The highest BCUT2D eigenvalue weighted by Gasteiger charge is 2.29. The molecular weight excluding hydrogens is 256 g/mol. The lowest BCUT2D eigenvalue weighted by molar-refractivity contribution is 0.222. The van der Waals surface area contributed by atoms with Crippen LogP contribution in [0.3, 0.4) is 0 Å². The van der Waals surface area contributed by atoms with Gasteiger partial charge in [-0.15, -0.1) is 0 Å². The molecule has 0 saturated heterocycles. The van der Waals surface area contributed by atoms with Crippen LogP contribution in [0.25, 0.3) is 0 Å². The molecule has 0 bridgehead atoms. The zero-order valence-electron chi connectivity index (χ0n) is 11.9. The van der Waals surface area contributed by atoms with Crippen LogP contribution < -0.4 is 4.90 Å². The van der Waals surface area contributed by atoms with Gasteiger partial charge in [-0.3, -0.25) is 0 Å². The second kappa shape index (κ2) is 5.43. The second-order valence-corrected chi connectivity index (χ2v) is 6.69. The van der Waals surface area contributed by atoms with Crippen LogP contribution in [0.2, 0.25) is 5.02 Å². The summed E-state index contributed by atoms with van der Waals surface area (Å²) in [6.45, 7) is 4.69. The Morgan fingerprint density at radius 2 is 1.95 bits per heavy atom. The summed E-state index contributed by atoms with van der Waals surface area (Å²) in [4.78, 5) is 2.28. The SMILES string of the molecule is CN(c1ccc(C#N)cc1Cl)C1CCC(C)(C)CC1. The Morgan fingerprint density at radius 1 is 1.32 bits per heavy atom. The molecule has 0 aromatic heterocycles. The molecule has 19 heavy (non-hydrogen) atoms. The first-order valence-corrected chi connectivity index (χ1v) is 7.23. The largest absolute Gasteiger partial charge is 0.370 e. The van der Waals surface area contributed by atoms with Crippen LogP contribution in [-0.2, 0) is 0 Å². The van der Waals surface area contributed by atoms with Crippen LogP contribution in [0.15, 0.2) is 18.2 Å². The highest BCUT2D eigenvalue weighted by atomic mass is 35.5. The van der Waals surface area contributed by atoms with E-state index in [1.165, 1.54) is 25.7 Å². The van der Waals surface area contributed by atoms with Crippen LogP contribution in [0.5, 0.6) is 0 Å². The fourth-order valence-electron chi connectivity index (χ4n) is 2.83. The van der Waals surface area contributed by atoms with Crippen molar-refractivity contribution in [1.29, 1.82) is 5.26 Å². The Morgan fingerprint density at radius 3 is 2.47 bits per heavy atom. The lowest BCUT2D eigenvalue weighted by atomic mass is 9.75. The fraction of sp³-hybridized carbons (Fsp3) is 0.562.